The topological polar surface area (TPSA) is 55.8 Å². The summed E-state index contributed by atoms with van der Waals surface area (Å²) in [7, 11) is 0. The SMILES string of the molecule is CCCOc1ccc(-c2ccc(C(=O)O)c(OCC)c2)c(C)c1. The van der Waals surface area contributed by atoms with Crippen LogP contribution in [0.4, 0.5) is 0 Å². The number of carboxylic acid groups (broad SMARTS) is 1. The van der Waals surface area contributed by atoms with Crippen LogP contribution in [0.1, 0.15) is 36.2 Å². The van der Waals surface area contributed by atoms with Crippen molar-refractivity contribution in [3.8, 4) is 22.6 Å². The molecular weight excluding hydrogens is 292 g/mol. The first kappa shape index (κ1) is 16.9. The van der Waals surface area contributed by atoms with Gasteiger partial charge in [0, 0.05) is 0 Å². The van der Waals surface area contributed by atoms with Crippen LogP contribution in [-0.2, 0) is 0 Å². The predicted molar refractivity (Wildman–Crippen MR) is 90.5 cm³/mol. The minimum absolute atomic E-state index is 0.177. The van der Waals surface area contributed by atoms with Gasteiger partial charge in [0.05, 0.1) is 13.2 Å². The summed E-state index contributed by atoms with van der Waals surface area (Å²) in [5, 5.41) is 9.23. The van der Waals surface area contributed by atoms with Gasteiger partial charge in [-0.05, 0) is 61.2 Å². The molecule has 4 nitrogen and oxygen atoms in total. The molecule has 23 heavy (non-hydrogen) atoms. The van der Waals surface area contributed by atoms with E-state index in [0.29, 0.717) is 19.0 Å². The summed E-state index contributed by atoms with van der Waals surface area (Å²) in [6.45, 7) is 7.04. The minimum Gasteiger partial charge on any atom is -0.494 e. The molecule has 122 valence electrons. The first-order valence-corrected chi connectivity index (χ1v) is 7.80. The van der Waals surface area contributed by atoms with Gasteiger partial charge in [0.1, 0.15) is 17.1 Å². The molecule has 1 N–H and O–H groups in total. The number of ether oxygens (including phenoxy) is 2. The number of aryl methyl sites for hydroxylation is 1. The van der Waals surface area contributed by atoms with Crippen LogP contribution in [0.5, 0.6) is 11.5 Å². The van der Waals surface area contributed by atoms with E-state index < -0.39 is 5.97 Å². The maximum absolute atomic E-state index is 11.3. The summed E-state index contributed by atoms with van der Waals surface area (Å²) >= 11 is 0. The lowest BCUT2D eigenvalue weighted by molar-refractivity contribution is 0.0692. The highest BCUT2D eigenvalue weighted by atomic mass is 16.5. The van der Waals surface area contributed by atoms with Gasteiger partial charge in [-0.25, -0.2) is 4.79 Å². The zero-order valence-corrected chi connectivity index (χ0v) is 13.8. The van der Waals surface area contributed by atoms with E-state index in [4.69, 9.17) is 9.47 Å². The van der Waals surface area contributed by atoms with Crippen molar-refractivity contribution in [3.05, 3.63) is 47.5 Å². The van der Waals surface area contributed by atoms with Crippen LogP contribution in [0.15, 0.2) is 36.4 Å². The van der Waals surface area contributed by atoms with Gasteiger partial charge < -0.3 is 14.6 Å². The van der Waals surface area contributed by atoms with Crippen molar-refractivity contribution in [2.24, 2.45) is 0 Å². The van der Waals surface area contributed by atoms with Crippen molar-refractivity contribution >= 4 is 5.97 Å². The zero-order valence-electron chi connectivity index (χ0n) is 13.8. The number of carboxylic acids is 1. The third-order valence-corrected chi connectivity index (χ3v) is 3.49. The Morgan fingerprint density at radius 2 is 1.87 bits per heavy atom. The van der Waals surface area contributed by atoms with E-state index in [1.165, 1.54) is 0 Å². The van der Waals surface area contributed by atoms with Gasteiger partial charge >= 0.3 is 5.97 Å². The number of rotatable bonds is 7. The van der Waals surface area contributed by atoms with Gasteiger partial charge in [0.15, 0.2) is 0 Å². The quantitative estimate of drug-likeness (QED) is 0.814. The van der Waals surface area contributed by atoms with Gasteiger partial charge in [0.25, 0.3) is 0 Å². The second-order valence-corrected chi connectivity index (χ2v) is 5.27. The van der Waals surface area contributed by atoms with E-state index in [1.807, 2.05) is 32.0 Å². The van der Waals surface area contributed by atoms with Gasteiger partial charge in [-0.15, -0.1) is 0 Å². The lowest BCUT2D eigenvalue weighted by atomic mass is 9.98. The van der Waals surface area contributed by atoms with Gasteiger partial charge in [0.2, 0.25) is 0 Å². The number of benzene rings is 2. The lowest BCUT2D eigenvalue weighted by Crippen LogP contribution is -2.03. The molecule has 0 amide bonds. The lowest BCUT2D eigenvalue weighted by Gasteiger charge is -2.13. The highest BCUT2D eigenvalue weighted by molar-refractivity contribution is 5.92. The Labute approximate surface area is 136 Å². The molecule has 2 aromatic carbocycles. The van der Waals surface area contributed by atoms with Crippen LogP contribution in [0.25, 0.3) is 11.1 Å². The molecule has 0 aliphatic heterocycles. The van der Waals surface area contributed by atoms with Crippen molar-refractivity contribution in [1.29, 1.82) is 0 Å². The second kappa shape index (κ2) is 7.68. The molecule has 0 saturated heterocycles. The van der Waals surface area contributed by atoms with Crippen molar-refractivity contribution in [3.63, 3.8) is 0 Å². The van der Waals surface area contributed by atoms with E-state index >= 15 is 0 Å². The highest BCUT2D eigenvalue weighted by Gasteiger charge is 2.13. The molecule has 0 unspecified atom stereocenters. The average molecular weight is 314 g/mol. The summed E-state index contributed by atoms with van der Waals surface area (Å²) in [4.78, 5) is 11.3. The van der Waals surface area contributed by atoms with Crippen LogP contribution in [0.2, 0.25) is 0 Å². The molecule has 0 saturated carbocycles. The predicted octanol–water partition coefficient (Wildman–Crippen LogP) is 4.55. The fourth-order valence-corrected chi connectivity index (χ4v) is 2.41. The van der Waals surface area contributed by atoms with Crippen molar-refractivity contribution in [2.45, 2.75) is 27.2 Å². The van der Waals surface area contributed by atoms with Crippen LogP contribution < -0.4 is 9.47 Å². The average Bonchev–Trinajstić information content (AvgIpc) is 2.53. The summed E-state index contributed by atoms with van der Waals surface area (Å²) in [5.41, 5.74) is 3.21. The summed E-state index contributed by atoms with van der Waals surface area (Å²) < 4.78 is 11.1. The third kappa shape index (κ3) is 4.03. The standard InChI is InChI=1S/C19H22O4/c1-4-10-23-15-7-9-16(13(3)11-15)14-6-8-17(19(20)21)18(12-14)22-5-2/h6-9,11-12H,4-5,10H2,1-3H3,(H,20,21). The van der Waals surface area contributed by atoms with E-state index in [-0.39, 0.29) is 5.56 Å². The molecule has 0 bridgehead atoms. The Morgan fingerprint density at radius 1 is 1.09 bits per heavy atom. The third-order valence-electron chi connectivity index (χ3n) is 3.49. The molecule has 2 aromatic rings. The Morgan fingerprint density at radius 3 is 2.48 bits per heavy atom. The molecule has 0 atom stereocenters. The molecule has 0 radical (unpaired) electrons. The number of hydrogen-bond donors (Lipinski definition) is 1. The molecular formula is C19H22O4. The first-order chi connectivity index (χ1) is 11.1. The smallest absolute Gasteiger partial charge is 0.339 e. The van der Waals surface area contributed by atoms with Gasteiger partial charge in [-0.1, -0.05) is 19.1 Å². The molecule has 0 aliphatic carbocycles. The maximum Gasteiger partial charge on any atom is 0.339 e. The molecule has 0 fully saturated rings. The maximum atomic E-state index is 11.3. The van der Waals surface area contributed by atoms with Gasteiger partial charge in [-0.3, -0.25) is 0 Å². The fraction of sp³-hybridized carbons (Fsp3) is 0.316. The summed E-state index contributed by atoms with van der Waals surface area (Å²) in [5.74, 6) is 0.253. The molecule has 0 spiro atoms. The molecule has 0 heterocycles. The van der Waals surface area contributed by atoms with E-state index in [2.05, 4.69) is 6.92 Å². The fourth-order valence-electron chi connectivity index (χ4n) is 2.41. The van der Waals surface area contributed by atoms with Crippen LogP contribution in [-0.4, -0.2) is 24.3 Å². The van der Waals surface area contributed by atoms with Crippen LogP contribution >= 0.6 is 0 Å². The molecule has 0 aromatic heterocycles. The summed E-state index contributed by atoms with van der Waals surface area (Å²) in [6, 6.07) is 11.1. The first-order valence-electron chi connectivity index (χ1n) is 7.80. The Kier molecular flexibility index (Phi) is 5.63. The highest BCUT2D eigenvalue weighted by Crippen LogP contribution is 2.31. The second-order valence-electron chi connectivity index (χ2n) is 5.27. The summed E-state index contributed by atoms with van der Waals surface area (Å²) in [6.07, 6.45) is 0.967. The van der Waals surface area contributed by atoms with Crippen molar-refractivity contribution in [1.82, 2.24) is 0 Å². The van der Waals surface area contributed by atoms with Gasteiger partial charge in [-0.2, -0.15) is 0 Å². The largest absolute Gasteiger partial charge is 0.494 e. The van der Waals surface area contributed by atoms with Crippen molar-refractivity contribution < 1.29 is 19.4 Å². The number of hydrogen-bond acceptors (Lipinski definition) is 3. The Balaban J connectivity index is 2.38. The normalized spacial score (nSPS) is 10.4. The molecule has 4 heteroatoms. The van der Waals surface area contributed by atoms with E-state index in [1.54, 1.807) is 18.2 Å². The Bertz CT molecular complexity index is 692. The number of carbonyl (C=O) groups is 1. The minimum atomic E-state index is -0.986. The molecule has 0 aliphatic rings. The Hall–Kier alpha value is -2.49. The van der Waals surface area contributed by atoms with Crippen molar-refractivity contribution in [2.75, 3.05) is 13.2 Å². The zero-order chi connectivity index (χ0) is 16.8. The van der Waals surface area contributed by atoms with Crippen LogP contribution in [0, 0.1) is 6.92 Å². The van der Waals surface area contributed by atoms with E-state index in [0.717, 1.165) is 28.9 Å². The number of aromatic carboxylic acids is 1. The van der Waals surface area contributed by atoms with E-state index in [9.17, 15) is 9.90 Å². The monoisotopic (exact) mass is 314 g/mol. The molecule has 2 rings (SSSR count). The van der Waals surface area contributed by atoms with Crippen LogP contribution in [0.3, 0.4) is 0 Å².